The molecule has 1 unspecified atom stereocenters. The zero-order valence-corrected chi connectivity index (χ0v) is 12.5. The average Bonchev–Trinajstić information content (AvgIpc) is 2.47. The number of rotatable bonds is 5. The van der Waals surface area contributed by atoms with Crippen LogP contribution < -0.4 is 10.6 Å². The normalized spacial score (nSPS) is 17.7. The molecular weight excluding hydrogens is 276 g/mol. The lowest BCUT2D eigenvalue weighted by molar-refractivity contribution is -0.128. The van der Waals surface area contributed by atoms with Gasteiger partial charge in [0.1, 0.15) is 6.61 Å². The monoisotopic (exact) mass is 296 g/mol. The van der Waals surface area contributed by atoms with E-state index in [1.54, 1.807) is 0 Å². The maximum Gasteiger partial charge on any atom is 0.246 e. The van der Waals surface area contributed by atoms with E-state index in [1.807, 2.05) is 31.2 Å². The van der Waals surface area contributed by atoms with Crippen LogP contribution in [0.5, 0.6) is 0 Å². The number of halogens is 1. The van der Waals surface area contributed by atoms with Crippen LogP contribution in [0.3, 0.4) is 0 Å². The Kier molecular flexibility index (Phi) is 5.83. The van der Waals surface area contributed by atoms with Crippen molar-refractivity contribution in [2.24, 2.45) is 0 Å². The van der Waals surface area contributed by atoms with E-state index in [2.05, 4.69) is 10.6 Å². The van der Waals surface area contributed by atoms with E-state index in [4.69, 9.17) is 16.3 Å². The molecule has 1 fully saturated rings. The fourth-order valence-electron chi connectivity index (χ4n) is 2.27. The Balaban J connectivity index is 1.74. The molecule has 1 amide bonds. The standard InChI is InChI=1S/C15H21ClN2O2/c1-11(12-2-4-13(16)5-3-12)18-15(19)10-20-14-6-8-17-9-7-14/h2-5,11,14,17H,6-10H2,1H3,(H,18,19). The van der Waals surface area contributed by atoms with Crippen LogP contribution in [0.15, 0.2) is 24.3 Å². The lowest BCUT2D eigenvalue weighted by Crippen LogP contribution is -2.36. The minimum Gasteiger partial charge on any atom is -0.368 e. The van der Waals surface area contributed by atoms with E-state index in [1.165, 1.54) is 0 Å². The van der Waals surface area contributed by atoms with Gasteiger partial charge >= 0.3 is 0 Å². The van der Waals surface area contributed by atoms with Crippen LogP contribution in [-0.2, 0) is 9.53 Å². The molecule has 1 aromatic rings. The molecule has 0 spiro atoms. The van der Waals surface area contributed by atoms with E-state index in [-0.39, 0.29) is 24.7 Å². The van der Waals surface area contributed by atoms with Crippen molar-refractivity contribution < 1.29 is 9.53 Å². The van der Waals surface area contributed by atoms with Gasteiger partial charge in [0, 0.05) is 5.02 Å². The Hall–Kier alpha value is -1.10. The minimum atomic E-state index is -0.0778. The number of piperidine rings is 1. The third kappa shape index (κ3) is 4.78. The number of hydrogen-bond donors (Lipinski definition) is 2. The van der Waals surface area contributed by atoms with E-state index in [0.717, 1.165) is 31.5 Å². The molecule has 1 atom stereocenters. The van der Waals surface area contributed by atoms with Crippen molar-refractivity contribution in [1.82, 2.24) is 10.6 Å². The smallest absolute Gasteiger partial charge is 0.246 e. The quantitative estimate of drug-likeness (QED) is 0.876. The highest BCUT2D eigenvalue weighted by Crippen LogP contribution is 2.16. The van der Waals surface area contributed by atoms with Gasteiger partial charge in [0.05, 0.1) is 12.1 Å². The van der Waals surface area contributed by atoms with Gasteiger partial charge in [-0.3, -0.25) is 4.79 Å². The molecule has 5 heteroatoms. The van der Waals surface area contributed by atoms with Crippen LogP contribution >= 0.6 is 11.6 Å². The lowest BCUT2D eigenvalue weighted by atomic mass is 10.1. The van der Waals surface area contributed by atoms with Crippen LogP contribution in [0.4, 0.5) is 0 Å². The number of nitrogens with one attached hydrogen (secondary N) is 2. The molecule has 110 valence electrons. The Morgan fingerprint density at radius 3 is 2.70 bits per heavy atom. The van der Waals surface area contributed by atoms with Crippen LogP contribution in [0.1, 0.15) is 31.4 Å². The van der Waals surface area contributed by atoms with Crippen molar-refractivity contribution in [3.63, 3.8) is 0 Å². The van der Waals surface area contributed by atoms with E-state index in [9.17, 15) is 4.79 Å². The van der Waals surface area contributed by atoms with Crippen molar-refractivity contribution in [3.8, 4) is 0 Å². The van der Waals surface area contributed by atoms with Gasteiger partial charge in [0.15, 0.2) is 0 Å². The number of benzene rings is 1. The summed E-state index contributed by atoms with van der Waals surface area (Å²) in [5, 5.41) is 6.90. The molecule has 2 N–H and O–H groups in total. The first-order valence-corrected chi connectivity index (χ1v) is 7.40. The number of ether oxygens (including phenoxy) is 1. The number of carbonyl (C=O) groups is 1. The fourth-order valence-corrected chi connectivity index (χ4v) is 2.40. The van der Waals surface area contributed by atoms with E-state index in [0.29, 0.717) is 5.02 Å². The van der Waals surface area contributed by atoms with Crippen LogP contribution in [0.25, 0.3) is 0 Å². The maximum absolute atomic E-state index is 11.9. The highest BCUT2D eigenvalue weighted by atomic mass is 35.5. The molecule has 1 heterocycles. The second kappa shape index (κ2) is 7.62. The first-order chi connectivity index (χ1) is 9.65. The van der Waals surface area contributed by atoms with E-state index < -0.39 is 0 Å². The zero-order valence-electron chi connectivity index (χ0n) is 11.7. The number of hydrogen-bond acceptors (Lipinski definition) is 3. The predicted octanol–water partition coefficient (Wildman–Crippen LogP) is 2.29. The number of amides is 1. The van der Waals surface area contributed by atoms with Gasteiger partial charge in [-0.15, -0.1) is 0 Å². The second-order valence-electron chi connectivity index (χ2n) is 5.10. The molecule has 0 aromatic heterocycles. The van der Waals surface area contributed by atoms with Gasteiger partial charge in [-0.1, -0.05) is 23.7 Å². The fraction of sp³-hybridized carbons (Fsp3) is 0.533. The van der Waals surface area contributed by atoms with Gasteiger partial charge in [-0.05, 0) is 50.6 Å². The zero-order chi connectivity index (χ0) is 14.4. The first kappa shape index (κ1) is 15.3. The molecule has 1 saturated heterocycles. The Morgan fingerprint density at radius 2 is 2.05 bits per heavy atom. The topological polar surface area (TPSA) is 50.4 Å². The van der Waals surface area contributed by atoms with Gasteiger partial charge < -0.3 is 15.4 Å². The van der Waals surface area contributed by atoms with Crippen molar-refractivity contribution in [2.45, 2.75) is 31.9 Å². The summed E-state index contributed by atoms with van der Waals surface area (Å²) >= 11 is 5.85. The lowest BCUT2D eigenvalue weighted by Gasteiger charge is -2.23. The van der Waals surface area contributed by atoms with Gasteiger partial charge in [0.25, 0.3) is 0 Å². The van der Waals surface area contributed by atoms with Gasteiger partial charge in [0.2, 0.25) is 5.91 Å². The predicted molar refractivity (Wildman–Crippen MR) is 79.9 cm³/mol. The van der Waals surface area contributed by atoms with Crippen LogP contribution in [0.2, 0.25) is 5.02 Å². The van der Waals surface area contributed by atoms with Crippen molar-refractivity contribution in [1.29, 1.82) is 0 Å². The SMILES string of the molecule is CC(NC(=O)COC1CCNCC1)c1ccc(Cl)cc1. The maximum atomic E-state index is 11.9. The summed E-state index contributed by atoms with van der Waals surface area (Å²) in [6.45, 7) is 4.01. The van der Waals surface area contributed by atoms with Gasteiger partial charge in [-0.2, -0.15) is 0 Å². The highest BCUT2D eigenvalue weighted by Gasteiger charge is 2.16. The van der Waals surface area contributed by atoms with Crippen molar-refractivity contribution >= 4 is 17.5 Å². The third-order valence-electron chi connectivity index (χ3n) is 3.48. The summed E-state index contributed by atoms with van der Waals surface area (Å²) in [5.41, 5.74) is 1.03. The third-order valence-corrected chi connectivity index (χ3v) is 3.74. The Morgan fingerprint density at radius 1 is 1.40 bits per heavy atom. The van der Waals surface area contributed by atoms with Crippen LogP contribution in [0, 0.1) is 0 Å². The molecule has 0 radical (unpaired) electrons. The molecule has 20 heavy (non-hydrogen) atoms. The molecular formula is C15H21ClN2O2. The molecule has 1 aliphatic rings. The average molecular weight is 297 g/mol. The molecule has 1 aliphatic heterocycles. The summed E-state index contributed by atoms with van der Waals surface area (Å²) in [7, 11) is 0. The van der Waals surface area contributed by atoms with Crippen LogP contribution in [-0.4, -0.2) is 31.7 Å². The van der Waals surface area contributed by atoms with E-state index >= 15 is 0 Å². The minimum absolute atomic E-state index is 0.0450. The largest absolute Gasteiger partial charge is 0.368 e. The Bertz CT molecular complexity index is 430. The summed E-state index contributed by atoms with van der Waals surface area (Å²) in [6.07, 6.45) is 2.15. The van der Waals surface area contributed by atoms with Crippen molar-refractivity contribution in [2.75, 3.05) is 19.7 Å². The summed E-state index contributed by atoms with van der Waals surface area (Å²) in [4.78, 5) is 11.9. The van der Waals surface area contributed by atoms with Gasteiger partial charge in [-0.25, -0.2) is 0 Å². The molecule has 0 saturated carbocycles. The van der Waals surface area contributed by atoms with Crippen molar-refractivity contribution in [3.05, 3.63) is 34.9 Å². The Labute approximate surface area is 124 Å². The molecule has 0 bridgehead atoms. The molecule has 2 rings (SSSR count). The summed E-state index contributed by atoms with van der Waals surface area (Å²) in [6, 6.07) is 7.44. The first-order valence-electron chi connectivity index (χ1n) is 7.02. The molecule has 0 aliphatic carbocycles. The summed E-state index contributed by atoms with van der Waals surface area (Å²) < 4.78 is 5.63. The molecule has 1 aromatic carbocycles. The second-order valence-corrected chi connectivity index (χ2v) is 5.54. The highest BCUT2D eigenvalue weighted by molar-refractivity contribution is 6.30. The molecule has 4 nitrogen and oxygen atoms in total. The number of carbonyl (C=O) groups excluding carboxylic acids is 1. The summed E-state index contributed by atoms with van der Waals surface area (Å²) in [5.74, 6) is -0.0778.